The predicted octanol–water partition coefficient (Wildman–Crippen LogP) is 3.69. The van der Waals surface area contributed by atoms with Gasteiger partial charge in [-0.05, 0) is 61.4 Å². The summed E-state index contributed by atoms with van der Waals surface area (Å²) in [6.45, 7) is 1.51. The van der Waals surface area contributed by atoms with Crippen LogP contribution < -0.4 is 5.32 Å². The SMILES string of the molecule is O=C(c1ccoc1)N1CCC(NC2CCCc3cc(F)ccc32)CC1. The number of amides is 1. The van der Waals surface area contributed by atoms with Gasteiger partial charge in [0.2, 0.25) is 0 Å². The third-order valence-electron chi connectivity index (χ3n) is 5.41. The molecule has 2 aromatic rings. The number of halogens is 1. The third-order valence-corrected chi connectivity index (χ3v) is 5.41. The van der Waals surface area contributed by atoms with Gasteiger partial charge >= 0.3 is 0 Å². The van der Waals surface area contributed by atoms with Crippen molar-refractivity contribution in [1.29, 1.82) is 0 Å². The number of carbonyl (C=O) groups excluding carboxylic acids is 1. The summed E-state index contributed by atoms with van der Waals surface area (Å²) in [6, 6.07) is 7.57. The molecule has 1 aliphatic carbocycles. The van der Waals surface area contributed by atoms with Gasteiger partial charge in [0.05, 0.1) is 11.8 Å². The first kappa shape index (κ1) is 16.3. The van der Waals surface area contributed by atoms with Crippen molar-refractivity contribution in [3.8, 4) is 0 Å². The number of aryl methyl sites for hydroxylation is 1. The van der Waals surface area contributed by atoms with Crippen LogP contribution in [0.3, 0.4) is 0 Å². The fourth-order valence-electron chi connectivity index (χ4n) is 4.06. The van der Waals surface area contributed by atoms with Gasteiger partial charge in [-0.25, -0.2) is 4.39 Å². The van der Waals surface area contributed by atoms with E-state index in [1.54, 1.807) is 18.2 Å². The second kappa shape index (κ2) is 7.00. The summed E-state index contributed by atoms with van der Waals surface area (Å²) in [5, 5.41) is 3.75. The predicted molar refractivity (Wildman–Crippen MR) is 92.8 cm³/mol. The lowest BCUT2D eigenvalue weighted by Crippen LogP contribution is -2.46. The Kier molecular flexibility index (Phi) is 4.57. The van der Waals surface area contributed by atoms with Crippen LogP contribution in [0.2, 0.25) is 0 Å². The third kappa shape index (κ3) is 3.47. The quantitative estimate of drug-likeness (QED) is 0.925. The van der Waals surface area contributed by atoms with E-state index in [1.807, 2.05) is 11.0 Å². The van der Waals surface area contributed by atoms with Crippen molar-refractivity contribution >= 4 is 5.91 Å². The highest BCUT2D eigenvalue weighted by Crippen LogP contribution is 2.31. The zero-order valence-corrected chi connectivity index (χ0v) is 14.2. The number of carbonyl (C=O) groups is 1. The minimum Gasteiger partial charge on any atom is -0.472 e. The summed E-state index contributed by atoms with van der Waals surface area (Å²) < 4.78 is 18.5. The van der Waals surface area contributed by atoms with Crippen molar-refractivity contribution < 1.29 is 13.6 Å². The van der Waals surface area contributed by atoms with E-state index in [2.05, 4.69) is 5.32 Å². The Morgan fingerprint density at radius 1 is 1.20 bits per heavy atom. The average molecular weight is 342 g/mol. The van der Waals surface area contributed by atoms with Crippen LogP contribution in [-0.2, 0) is 6.42 Å². The molecule has 4 rings (SSSR count). The lowest BCUT2D eigenvalue weighted by molar-refractivity contribution is 0.0700. The summed E-state index contributed by atoms with van der Waals surface area (Å²) in [5.41, 5.74) is 3.00. The first-order valence-corrected chi connectivity index (χ1v) is 9.06. The van der Waals surface area contributed by atoms with Crippen molar-refractivity contribution in [1.82, 2.24) is 10.2 Å². The molecule has 1 fully saturated rings. The summed E-state index contributed by atoms with van der Waals surface area (Å²) >= 11 is 0. The van der Waals surface area contributed by atoms with Crippen LogP contribution in [0.15, 0.2) is 41.2 Å². The Labute approximate surface area is 147 Å². The molecule has 1 aromatic heterocycles. The van der Waals surface area contributed by atoms with Gasteiger partial charge in [0.15, 0.2) is 0 Å². The lowest BCUT2D eigenvalue weighted by atomic mass is 9.86. The van der Waals surface area contributed by atoms with Crippen LogP contribution in [-0.4, -0.2) is 29.9 Å². The van der Waals surface area contributed by atoms with E-state index in [0.29, 0.717) is 17.6 Å². The number of hydrogen-bond acceptors (Lipinski definition) is 3. The molecule has 0 bridgehead atoms. The van der Waals surface area contributed by atoms with Crippen molar-refractivity contribution in [2.45, 2.75) is 44.2 Å². The minimum atomic E-state index is -0.148. The Hall–Kier alpha value is -2.14. The molecule has 1 unspecified atom stereocenters. The summed E-state index contributed by atoms with van der Waals surface area (Å²) in [6.07, 6.45) is 8.06. The molecule has 0 spiro atoms. The molecule has 1 aromatic carbocycles. The molecule has 2 heterocycles. The first-order chi connectivity index (χ1) is 12.2. The van der Waals surface area contributed by atoms with Gasteiger partial charge in [-0.2, -0.15) is 0 Å². The second-order valence-corrected chi connectivity index (χ2v) is 7.03. The maximum atomic E-state index is 13.5. The highest BCUT2D eigenvalue weighted by Gasteiger charge is 2.27. The molecule has 1 amide bonds. The van der Waals surface area contributed by atoms with Gasteiger partial charge in [0.25, 0.3) is 5.91 Å². The van der Waals surface area contributed by atoms with Crippen molar-refractivity contribution in [3.63, 3.8) is 0 Å². The molecule has 1 atom stereocenters. The standard InChI is InChI=1S/C20H23FN2O2/c21-16-4-5-18-14(12-16)2-1-3-19(18)22-17-6-9-23(10-7-17)20(24)15-8-11-25-13-15/h4-5,8,11-13,17,19,22H,1-3,6-7,9-10H2. The van der Waals surface area contributed by atoms with E-state index >= 15 is 0 Å². The highest BCUT2D eigenvalue weighted by atomic mass is 19.1. The zero-order chi connectivity index (χ0) is 17.2. The van der Waals surface area contributed by atoms with Crippen molar-refractivity contribution in [3.05, 3.63) is 59.3 Å². The number of rotatable bonds is 3. The van der Waals surface area contributed by atoms with Crippen molar-refractivity contribution in [2.75, 3.05) is 13.1 Å². The molecular weight excluding hydrogens is 319 g/mol. The molecule has 2 aliphatic rings. The number of likely N-dealkylation sites (tertiary alicyclic amines) is 1. The van der Waals surface area contributed by atoms with Crippen LogP contribution in [0.1, 0.15) is 53.2 Å². The lowest BCUT2D eigenvalue weighted by Gasteiger charge is -2.36. The van der Waals surface area contributed by atoms with Crippen LogP contribution in [0.25, 0.3) is 0 Å². The van der Waals surface area contributed by atoms with Crippen LogP contribution in [0, 0.1) is 5.82 Å². The molecule has 5 heteroatoms. The Bertz CT molecular complexity index is 736. The number of nitrogens with one attached hydrogen (secondary N) is 1. The number of fused-ring (bicyclic) bond motifs is 1. The van der Waals surface area contributed by atoms with E-state index in [-0.39, 0.29) is 11.7 Å². The molecule has 25 heavy (non-hydrogen) atoms. The van der Waals surface area contributed by atoms with Gasteiger partial charge in [0.1, 0.15) is 12.1 Å². The molecule has 1 saturated heterocycles. The monoisotopic (exact) mass is 342 g/mol. The largest absolute Gasteiger partial charge is 0.472 e. The number of nitrogens with zero attached hydrogens (tertiary/aromatic N) is 1. The van der Waals surface area contributed by atoms with Crippen molar-refractivity contribution in [2.24, 2.45) is 0 Å². The molecule has 0 saturated carbocycles. The van der Waals surface area contributed by atoms with Gasteiger partial charge in [-0.15, -0.1) is 0 Å². The van der Waals surface area contributed by atoms with E-state index in [9.17, 15) is 9.18 Å². The molecular formula is C20H23FN2O2. The maximum Gasteiger partial charge on any atom is 0.257 e. The van der Waals surface area contributed by atoms with Gasteiger partial charge in [-0.1, -0.05) is 6.07 Å². The minimum absolute atomic E-state index is 0.0469. The topological polar surface area (TPSA) is 45.5 Å². The van der Waals surface area contributed by atoms with Crippen LogP contribution in [0.4, 0.5) is 4.39 Å². The maximum absolute atomic E-state index is 13.5. The number of piperidine rings is 1. The Morgan fingerprint density at radius 2 is 2.04 bits per heavy atom. The Balaban J connectivity index is 1.36. The van der Waals surface area contributed by atoms with E-state index in [1.165, 1.54) is 18.1 Å². The average Bonchev–Trinajstić information content (AvgIpc) is 3.16. The summed E-state index contributed by atoms with van der Waals surface area (Å²) in [7, 11) is 0. The first-order valence-electron chi connectivity index (χ1n) is 9.06. The molecule has 0 radical (unpaired) electrons. The van der Waals surface area contributed by atoms with Crippen LogP contribution in [0.5, 0.6) is 0 Å². The molecule has 4 nitrogen and oxygen atoms in total. The van der Waals surface area contributed by atoms with E-state index < -0.39 is 0 Å². The van der Waals surface area contributed by atoms with Crippen LogP contribution >= 0.6 is 0 Å². The van der Waals surface area contributed by atoms with Gasteiger partial charge in [0, 0.05) is 25.2 Å². The summed E-state index contributed by atoms with van der Waals surface area (Å²) in [4.78, 5) is 14.3. The zero-order valence-electron chi connectivity index (χ0n) is 14.2. The fourth-order valence-corrected chi connectivity index (χ4v) is 4.06. The normalized spacial score (nSPS) is 21.2. The van der Waals surface area contributed by atoms with Gasteiger partial charge < -0.3 is 14.6 Å². The number of hydrogen-bond donors (Lipinski definition) is 1. The van der Waals surface area contributed by atoms with Gasteiger partial charge in [-0.3, -0.25) is 4.79 Å². The second-order valence-electron chi connectivity index (χ2n) is 7.03. The van der Waals surface area contributed by atoms with E-state index in [4.69, 9.17) is 4.42 Å². The molecule has 1 aliphatic heterocycles. The Morgan fingerprint density at radius 3 is 2.80 bits per heavy atom. The van der Waals surface area contributed by atoms with E-state index in [0.717, 1.165) is 50.8 Å². The fraction of sp³-hybridized carbons (Fsp3) is 0.450. The number of furan rings is 1. The summed E-state index contributed by atoms with van der Waals surface area (Å²) in [5.74, 6) is -0.101. The number of benzene rings is 1. The molecule has 1 N–H and O–H groups in total. The highest BCUT2D eigenvalue weighted by molar-refractivity contribution is 5.93. The molecule has 132 valence electrons. The smallest absolute Gasteiger partial charge is 0.257 e.